The van der Waals surface area contributed by atoms with Crippen LogP contribution in [0.5, 0.6) is 0 Å². The first-order valence-corrected chi connectivity index (χ1v) is 3.95. The molecule has 0 saturated heterocycles. The molecule has 1 aliphatic rings. The lowest BCUT2D eigenvalue weighted by Crippen LogP contribution is -2.25. The smallest absolute Gasteiger partial charge is 0.128 e. The van der Waals surface area contributed by atoms with Crippen LogP contribution in [-0.2, 0) is 13.0 Å². The van der Waals surface area contributed by atoms with Crippen LogP contribution >= 0.6 is 12.4 Å². The van der Waals surface area contributed by atoms with Crippen molar-refractivity contribution < 1.29 is 8.78 Å². The summed E-state index contributed by atoms with van der Waals surface area (Å²) in [6, 6.07) is 2.38. The molecule has 0 spiro atoms. The minimum Gasteiger partial charge on any atom is -0.312 e. The van der Waals surface area contributed by atoms with E-state index in [9.17, 15) is 8.78 Å². The molecular formula is C9H10ClF2N. The maximum Gasteiger partial charge on any atom is 0.128 e. The van der Waals surface area contributed by atoms with E-state index in [4.69, 9.17) is 0 Å². The van der Waals surface area contributed by atoms with E-state index in [0.29, 0.717) is 24.1 Å². The number of nitrogens with one attached hydrogen (secondary N) is 1. The molecule has 0 bridgehead atoms. The summed E-state index contributed by atoms with van der Waals surface area (Å²) in [6.07, 6.45) is 0.582. The monoisotopic (exact) mass is 205 g/mol. The zero-order valence-electron chi connectivity index (χ0n) is 6.94. The zero-order valence-corrected chi connectivity index (χ0v) is 7.76. The molecular weight excluding hydrogens is 196 g/mol. The highest BCUT2D eigenvalue weighted by atomic mass is 35.5. The Morgan fingerprint density at radius 2 is 1.69 bits per heavy atom. The van der Waals surface area contributed by atoms with Gasteiger partial charge < -0.3 is 5.32 Å². The van der Waals surface area contributed by atoms with Crippen molar-refractivity contribution in [2.45, 2.75) is 13.0 Å². The number of benzene rings is 1. The molecule has 0 unspecified atom stereocenters. The van der Waals surface area contributed by atoms with Gasteiger partial charge in [0.1, 0.15) is 11.6 Å². The number of fused-ring (bicyclic) bond motifs is 1. The van der Waals surface area contributed by atoms with Crippen molar-refractivity contribution in [1.82, 2.24) is 5.32 Å². The highest BCUT2D eigenvalue weighted by molar-refractivity contribution is 5.85. The van der Waals surface area contributed by atoms with Crippen molar-refractivity contribution in [3.8, 4) is 0 Å². The van der Waals surface area contributed by atoms with Gasteiger partial charge in [0, 0.05) is 12.1 Å². The molecule has 0 saturated carbocycles. The second kappa shape index (κ2) is 4.03. The lowest BCUT2D eigenvalue weighted by Gasteiger charge is -2.17. The summed E-state index contributed by atoms with van der Waals surface area (Å²) >= 11 is 0. The molecule has 0 aliphatic carbocycles. The average molecular weight is 206 g/mol. The van der Waals surface area contributed by atoms with Gasteiger partial charge in [-0.25, -0.2) is 8.78 Å². The lowest BCUT2D eigenvalue weighted by molar-refractivity contribution is 0.528. The van der Waals surface area contributed by atoms with E-state index in [0.717, 1.165) is 6.54 Å². The Labute approximate surface area is 81.6 Å². The molecule has 0 radical (unpaired) electrons. The van der Waals surface area contributed by atoms with E-state index in [2.05, 4.69) is 5.32 Å². The molecule has 72 valence electrons. The van der Waals surface area contributed by atoms with Crippen LogP contribution in [0.3, 0.4) is 0 Å². The van der Waals surface area contributed by atoms with Crippen LogP contribution < -0.4 is 5.32 Å². The van der Waals surface area contributed by atoms with Gasteiger partial charge >= 0.3 is 0 Å². The van der Waals surface area contributed by atoms with Crippen molar-refractivity contribution in [1.29, 1.82) is 0 Å². The normalized spacial score (nSPS) is 14.6. The van der Waals surface area contributed by atoms with E-state index in [1.807, 2.05) is 0 Å². The van der Waals surface area contributed by atoms with Crippen LogP contribution in [0.15, 0.2) is 12.1 Å². The molecule has 13 heavy (non-hydrogen) atoms. The van der Waals surface area contributed by atoms with Crippen LogP contribution in [0.25, 0.3) is 0 Å². The molecule has 0 aromatic heterocycles. The second-order valence-electron chi connectivity index (χ2n) is 2.91. The topological polar surface area (TPSA) is 12.0 Å². The van der Waals surface area contributed by atoms with Crippen molar-refractivity contribution in [2.24, 2.45) is 0 Å². The number of rotatable bonds is 0. The fourth-order valence-electron chi connectivity index (χ4n) is 1.52. The molecule has 1 N–H and O–H groups in total. The maximum atomic E-state index is 13.1. The summed E-state index contributed by atoms with van der Waals surface area (Å²) in [6.45, 7) is 1.17. The molecule has 1 heterocycles. The van der Waals surface area contributed by atoms with Crippen molar-refractivity contribution in [2.75, 3.05) is 6.54 Å². The van der Waals surface area contributed by atoms with Gasteiger partial charge in [-0.05, 0) is 30.7 Å². The standard InChI is InChI=1S/C9H9F2N.ClH/c10-8-1-2-9(11)7-5-12-4-3-6(7)8;/h1-2,12H,3-5H2;1H. The van der Waals surface area contributed by atoms with E-state index in [1.165, 1.54) is 12.1 Å². The third kappa shape index (κ3) is 1.81. The summed E-state index contributed by atoms with van der Waals surface area (Å²) in [7, 11) is 0. The molecule has 0 fully saturated rings. The molecule has 1 nitrogen and oxygen atoms in total. The summed E-state index contributed by atoms with van der Waals surface area (Å²) in [5.41, 5.74) is 1.02. The summed E-state index contributed by atoms with van der Waals surface area (Å²) in [5.74, 6) is -0.591. The van der Waals surface area contributed by atoms with Gasteiger partial charge in [-0.15, -0.1) is 12.4 Å². The SMILES string of the molecule is Cl.Fc1ccc(F)c2c1CCNC2. The van der Waals surface area contributed by atoms with Crippen LogP contribution in [0.2, 0.25) is 0 Å². The van der Waals surface area contributed by atoms with Gasteiger partial charge in [-0.3, -0.25) is 0 Å². The van der Waals surface area contributed by atoms with E-state index in [1.54, 1.807) is 0 Å². The lowest BCUT2D eigenvalue weighted by atomic mass is 10.0. The summed E-state index contributed by atoms with van der Waals surface area (Å²) in [4.78, 5) is 0. The van der Waals surface area contributed by atoms with Gasteiger partial charge in [-0.2, -0.15) is 0 Å². The predicted octanol–water partition coefficient (Wildman–Crippen LogP) is 2.03. The van der Waals surface area contributed by atoms with E-state index < -0.39 is 0 Å². The highest BCUT2D eigenvalue weighted by Crippen LogP contribution is 2.20. The Balaban J connectivity index is 0.000000845. The fourth-order valence-corrected chi connectivity index (χ4v) is 1.52. The number of halogens is 3. The Kier molecular flexibility index (Phi) is 3.22. The molecule has 2 rings (SSSR count). The zero-order chi connectivity index (χ0) is 8.55. The van der Waals surface area contributed by atoms with Crippen molar-refractivity contribution >= 4 is 12.4 Å². The number of hydrogen-bond acceptors (Lipinski definition) is 1. The molecule has 0 atom stereocenters. The minimum atomic E-state index is -0.307. The van der Waals surface area contributed by atoms with Crippen LogP contribution in [-0.4, -0.2) is 6.54 Å². The summed E-state index contributed by atoms with van der Waals surface area (Å²) < 4.78 is 26.1. The van der Waals surface area contributed by atoms with Crippen molar-refractivity contribution in [3.05, 3.63) is 34.9 Å². The van der Waals surface area contributed by atoms with E-state index >= 15 is 0 Å². The molecule has 4 heteroatoms. The van der Waals surface area contributed by atoms with Gasteiger partial charge in [0.15, 0.2) is 0 Å². The maximum absolute atomic E-state index is 13.1. The first-order valence-electron chi connectivity index (χ1n) is 3.95. The Hall–Kier alpha value is -0.670. The average Bonchev–Trinajstić information content (AvgIpc) is 2.12. The predicted molar refractivity (Wildman–Crippen MR) is 49.0 cm³/mol. The summed E-state index contributed by atoms with van der Waals surface area (Å²) in [5, 5.41) is 3.00. The van der Waals surface area contributed by atoms with Crippen molar-refractivity contribution in [3.63, 3.8) is 0 Å². The third-order valence-electron chi connectivity index (χ3n) is 2.17. The molecule has 1 aliphatic heterocycles. The Morgan fingerprint density at radius 1 is 1.08 bits per heavy atom. The van der Waals surface area contributed by atoms with Crippen LogP contribution in [0, 0.1) is 11.6 Å². The first-order chi connectivity index (χ1) is 5.79. The third-order valence-corrected chi connectivity index (χ3v) is 2.17. The Morgan fingerprint density at radius 3 is 2.31 bits per heavy atom. The minimum absolute atomic E-state index is 0. The molecule has 1 aromatic carbocycles. The fraction of sp³-hybridized carbons (Fsp3) is 0.333. The second-order valence-corrected chi connectivity index (χ2v) is 2.91. The van der Waals surface area contributed by atoms with Crippen LogP contribution in [0.1, 0.15) is 11.1 Å². The number of hydrogen-bond donors (Lipinski definition) is 1. The molecule has 1 aromatic rings. The van der Waals surface area contributed by atoms with Gasteiger partial charge in [0.05, 0.1) is 0 Å². The first kappa shape index (κ1) is 10.4. The van der Waals surface area contributed by atoms with Gasteiger partial charge in [0.2, 0.25) is 0 Å². The van der Waals surface area contributed by atoms with E-state index in [-0.39, 0.29) is 24.0 Å². The Bertz CT molecular complexity index is 284. The molecule has 0 amide bonds. The van der Waals surface area contributed by atoms with Gasteiger partial charge in [0.25, 0.3) is 0 Å². The van der Waals surface area contributed by atoms with Crippen LogP contribution in [0.4, 0.5) is 8.78 Å². The largest absolute Gasteiger partial charge is 0.312 e. The highest BCUT2D eigenvalue weighted by Gasteiger charge is 2.16. The quantitative estimate of drug-likeness (QED) is 0.684. The van der Waals surface area contributed by atoms with Gasteiger partial charge in [-0.1, -0.05) is 0 Å².